The second kappa shape index (κ2) is 5.02. The number of rotatable bonds is 5. The number of hydrogen-bond donors (Lipinski definition) is 1. The molecule has 0 spiro atoms. The SMILES string of the molecule is C=C(C)NC1CCCCC1OCC1CC1. The lowest BCUT2D eigenvalue weighted by Crippen LogP contribution is -2.42. The molecule has 2 unspecified atom stereocenters. The highest BCUT2D eigenvalue weighted by Crippen LogP contribution is 2.31. The molecule has 2 rings (SSSR count). The van der Waals surface area contributed by atoms with Crippen molar-refractivity contribution in [1.82, 2.24) is 5.32 Å². The normalized spacial score (nSPS) is 31.3. The highest BCUT2D eigenvalue weighted by Gasteiger charge is 2.28. The van der Waals surface area contributed by atoms with E-state index in [1.54, 1.807) is 0 Å². The molecule has 86 valence electrons. The van der Waals surface area contributed by atoms with Crippen LogP contribution in [0.25, 0.3) is 0 Å². The zero-order valence-corrected chi connectivity index (χ0v) is 9.80. The number of hydrogen-bond acceptors (Lipinski definition) is 2. The van der Waals surface area contributed by atoms with Crippen LogP contribution in [0.2, 0.25) is 0 Å². The molecule has 0 aromatic rings. The minimum atomic E-state index is 0.427. The first-order valence-corrected chi connectivity index (χ1v) is 6.29. The van der Waals surface area contributed by atoms with Crippen molar-refractivity contribution in [3.05, 3.63) is 12.3 Å². The predicted octanol–water partition coefficient (Wildman–Crippen LogP) is 2.85. The summed E-state index contributed by atoms with van der Waals surface area (Å²) in [5.74, 6) is 0.873. The van der Waals surface area contributed by atoms with E-state index in [-0.39, 0.29) is 0 Å². The fourth-order valence-electron chi connectivity index (χ4n) is 2.32. The molecule has 2 fully saturated rings. The summed E-state index contributed by atoms with van der Waals surface area (Å²) in [6.45, 7) is 6.94. The Morgan fingerprint density at radius 2 is 2.00 bits per heavy atom. The third-order valence-corrected chi connectivity index (χ3v) is 3.38. The van der Waals surface area contributed by atoms with E-state index >= 15 is 0 Å². The van der Waals surface area contributed by atoms with Gasteiger partial charge in [0.2, 0.25) is 0 Å². The van der Waals surface area contributed by atoms with E-state index in [1.807, 2.05) is 6.92 Å². The zero-order chi connectivity index (χ0) is 10.7. The Balaban J connectivity index is 1.78. The van der Waals surface area contributed by atoms with Crippen molar-refractivity contribution in [3.8, 4) is 0 Å². The van der Waals surface area contributed by atoms with Crippen LogP contribution < -0.4 is 5.32 Å². The first kappa shape index (κ1) is 11.0. The second-order valence-electron chi connectivity index (χ2n) is 5.13. The van der Waals surface area contributed by atoms with Crippen molar-refractivity contribution in [3.63, 3.8) is 0 Å². The van der Waals surface area contributed by atoms with E-state index < -0.39 is 0 Å². The van der Waals surface area contributed by atoms with Gasteiger partial charge in [0, 0.05) is 12.3 Å². The summed E-state index contributed by atoms with van der Waals surface area (Å²) in [6, 6.07) is 0.509. The van der Waals surface area contributed by atoms with Crippen LogP contribution in [0, 0.1) is 5.92 Å². The standard InChI is InChI=1S/C13H23NO/c1-10(2)14-12-5-3-4-6-13(12)15-9-11-7-8-11/h11-14H,1,3-9H2,2H3. The number of allylic oxidation sites excluding steroid dienone is 1. The van der Waals surface area contributed by atoms with Crippen LogP contribution in [-0.4, -0.2) is 18.8 Å². The number of ether oxygens (including phenoxy) is 1. The molecule has 0 aromatic heterocycles. The topological polar surface area (TPSA) is 21.3 Å². The van der Waals surface area contributed by atoms with Crippen LogP contribution in [0.1, 0.15) is 45.4 Å². The third-order valence-electron chi connectivity index (χ3n) is 3.38. The summed E-state index contributed by atoms with van der Waals surface area (Å²) in [4.78, 5) is 0. The van der Waals surface area contributed by atoms with Crippen LogP contribution >= 0.6 is 0 Å². The van der Waals surface area contributed by atoms with Gasteiger partial charge in [0.1, 0.15) is 0 Å². The van der Waals surface area contributed by atoms with Crippen LogP contribution in [0.5, 0.6) is 0 Å². The van der Waals surface area contributed by atoms with Crippen molar-refractivity contribution in [2.45, 2.75) is 57.6 Å². The Morgan fingerprint density at radius 1 is 1.27 bits per heavy atom. The molecule has 0 aromatic carbocycles. The highest BCUT2D eigenvalue weighted by molar-refractivity contribution is 4.93. The molecule has 15 heavy (non-hydrogen) atoms. The molecule has 0 heterocycles. The van der Waals surface area contributed by atoms with Gasteiger partial charge >= 0.3 is 0 Å². The van der Waals surface area contributed by atoms with Gasteiger partial charge in [0.05, 0.1) is 12.1 Å². The Kier molecular flexibility index (Phi) is 3.68. The Bertz CT molecular complexity index is 223. The van der Waals surface area contributed by atoms with Gasteiger partial charge in [0.25, 0.3) is 0 Å². The van der Waals surface area contributed by atoms with E-state index in [9.17, 15) is 0 Å². The quantitative estimate of drug-likeness (QED) is 0.751. The highest BCUT2D eigenvalue weighted by atomic mass is 16.5. The molecule has 0 amide bonds. The van der Waals surface area contributed by atoms with E-state index in [4.69, 9.17) is 4.74 Å². The lowest BCUT2D eigenvalue weighted by atomic mass is 9.92. The molecule has 0 bridgehead atoms. The van der Waals surface area contributed by atoms with Gasteiger partial charge < -0.3 is 10.1 Å². The average Bonchev–Trinajstić information content (AvgIpc) is 2.99. The maximum Gasteiger partial charge on any atom is 0.0776 e. The van der Waals surface area contributed by atoms with Crippen molar-refractivity contribution >= 4 is 0 Å². The molecular formula is C13H23NO. The molecule has 0 aliphatic heterocycles. The maximum atomic E-state index is 6.02. The molecule has 2 heteroatoms. The van der Waals surface area contributed by atoms with Gasteiger partial charge in [-0.3, -0.25) is 0 Å². The van der Waals surface area contributed by atoms with Gasteiger partial charge in [-0.05, 0) is 38.5 Å². The van der Waals surface area contributed by atoms with Crippen molar-refractivity contribution in [2.24, 2.45) is 5.92 Å². The molecule has 1 N–H and O–H groups in total. The van der Waals surface area contributed by atoms with Gasteiger partial charge in [-0.15, -0.1) is 0 Å². The van der Waals surface area contributed by atoms with E-state index in [2.05, 4.69) is 11.9 Å². The molecule has 0 radical (unpaired) electrons. The maximum absolute atomic E-state index is 6.02. The molecule has 0 saturated heterocycles. The van der Waals surface area contributed by atoms with Gasteiger partial charge in [-0.25, -0.2) is 0 Å². The molecule has 2 nitrogen and oxygen atoms in total. The first-order chi connectivity index (χ1) is 7.25. The lowest BCUT2D eigenvalue weighted by Gasteiger charge is -2.33. The summed E-state index contributed by atoms with van der Waals surface area (Å²) in [6.07, 6.45) is 8.30. The van der Waals surface area contributed by atoms with Gasteiger partial charge in [0.15, 0.2) is 0 Å². The van der Waals surface area contributed by atoms with Crippen molar-refractivity contribution in [2.75, 3.05) is 6.61 Å². The summed E-state index contributed by atoms with van der Waals surface area (Å²) in [7, 11) is 0. The zero-order valence-electron chi connectivity index (χ0n) is 9.80. The van der Waals surface area contributed by atoms with Crippen LogP contribution in [-0.2, 0) is 4.74 Å². The molecule has 2 atom stereocenters. The van der Waals surface area contributed by atoms with Crippen LogP contribution in [0.3, 0.4) is 0 Å². The molecular weight excluding hydrogens is 186 g/mol. The van der Waals surface area contributed by atoms with Crippen molar-refractivity contribution in [1.29, 1.82) is 0 Å². The van der Waals surface area contributed by atoms with E-state index in [1.165, 1.54) is 38.5 Å². The Hall–Kier alpha value is -0.500. The smallest absolute Gasteiger partial charge is 0.0776 e. The number of nitrogens with one attached hydrogen (secondary N) is 1. The average molecular weight is 209 g/mol. The summed E-state index contributed by atoms with van der Waals surface area (Å²) < 4.78 is 6.02. The third kappa shape index (κ3) is 3.53. The van der Waals surface area contributed by atoms with Gasteiger partial charge in [-0.1, -0.05) is 19.4 Å². The van der Waals surface area contributed by atoms with Crippen LogP contribution in [0.15, 0.2) is 12.3 Å². The summed E-state index contributed by atoms with van der Waals surface area (Å²) in [5, 5.41) is 3.46. The monoisotopic (exact) mass is 209 g/mol. The summed E-state index contributed by atoms with van der Waals surface area (Å²) in [5.41, 5.74) is 1.07. The van der Waals surface area contributed by atoms with E-state index in [0.717, 1.165) is 18.2 Å². The first-order valence-electron chi connectivity index (χ1n) is 6.29. The minimum Gasteiger partial charge on any atom is -0.384 e. The molecule has 2 aliphatic rings. The van der Waals surface area contributed by atoms with E-state index in [0.29, 0.717) is 12.1 Å². The van der Waals surface area contributed by atoms with Gasteiger partial charge in [-0.2, -0.15) is 0 Å². The van der Waals surface area contributed by atoms with Crippen molar-refractivity contribution < 1.29 is 4.74 Å². The minimum absolute atomic E-state index is 0.427. The fourth-order valence-corrected chi connectivity index (χ4v) is 2.32. The van der Waals surface area contributed by atoms with Crippen LogP contribution in [0.4, 0.5) is 0 Å². The largest absolute Gasteiger partial charge is 0.384 e. The Labute approximate surface area is 93.1 Å². The predicted molar refractivity (Wildman–Crippen MR) is 62.7 cm³/mol. The Morgan fingerprint density at radius 3 is 2.67 bits per heavy atom. The second-order valence-corrected chi connectivity index (χ2v) is 5.13. The fraction of sp³-hybridized carbons (Fsp3) is 0.846. The summed E-state index contributed by atoms with van der Waals surface area (Å²) >= 11 is 0. The molecule has 2 saturated carbocycles. The molecule has 2 aliphatic carbocycles. The lowest BCUT2D eigenvalue weighted by molar-refractivity contribution is 0.00226.